The zero-order valence-electron chi connectivity index (χ0n) is 15.8. The summed E-state index contributed by atoms with van der Waals surface area (Å²) in [6.07, 6.45) is -0.284. The lowest BCUT2D eigenvalue weighted by atomic mass is 9.56. The molecule has 0 atom stereocenters. The van der Waals surface area contributed by atoms with Crippen molar-refractivity contribution in [2.45, 2.75) is 57.7 Å². The first-order chi connectivity index (χ1) is 12.5. The summed E-state index contributed by atoms with van der Waals surface area (Å²) in [7, 11) is 0. The van der Waals surface area contributed by atoms with E-state index < -0.39 is 17.3 Å². The monoisotopic (exact) mass is 381 g/mol. The minimum absolute atomic E-state index is 0.0247. The molecule has 148 valence electrons. The Morgan fingerprint density at radius 2 is 1.85 bits per heavy atom. The van der Waals surface area contributed by atoms with Gasteiger partial charge in [0, 0.05) is 24.4 Å². The Morgan fingerprint density at radius 3 is 2.37 bits per heavy atom. The molecule has 1 spiro atoms. The molecule has 1 aromatic rings. The molecule has 1 heterocycles. The Balaban J connectivity index is 1.25. The number of carbonyl (C=O) groups is 1. The third kappa shape index (κ3) is 3.48. The number of carbonyl (C=O) groups excluding carboxylic acids is 1. The van der Waals surface area contributed by atoms with Gasteiger partial charge in [-0.3, -0.25) is 4.79 Å². The molecule has 3 nitrogen and oxygen atoms in total. The molecule has 3 aliphatic rings. The van der Waals surface area contributed by atoms with E-state index in [2.05, 4.69) is 0 Å². The number of hydrogen-bond acceptors (Lipinski definition) is 2. The van der Waals surface area contributed by atoms with Gasteiger partial charge in [-0.1, -0.05) is 12.1 Å². The SMILES string of the molecule is Cc1cc(CC2CC3(C2)CN(C(=O)C2CC(C)(O)C2)C3)ccc1C(F)(F)F. The molecule has 0 aromatic heterocycles. The maximum Gasteiger partial charge on any atom is 0.416 e. The van der Waals surface area contributed by atoms with Gasteiger partial charge in [0.2, 0.25) is 5.91 Å². The predicted octanol–water partition coefficient (Wildman–Crippen LogP) is 3.96. The minimum Gasteiger partial charge on any atom is -0.390 e. The van der Waals surface area contributed by atoms with Crippen LogP contribution in [0.3, 0.4) is 0 Å². The first-order valence-corrected chi connectivity index (χ1v) is 9.64. The molecule has 0 bridgehead atoms. The Morgan fingerprint density at radius 1 is 1.22 bits per heavy atom. The average Bonchev–Trinajstić information content (AvgIpc) is 2.43. The largest absolute Gasteiger partial charge is 0.416 e. The Labute approximate surface area is 157 Å². The normalized spacial score (nSPS) is 29.9. The Kier molecular flexibility index (Phi) is 4.15. The quantitative estimate of drug-likeness (QED) is 0.861. The van der Waals surface area contributed by atoms with Gasteiger partial charge in [-0.15, -0.1) is 0 Å². The Bertz CT molecular complexity index is 749. The topological polar surface area (TPSA) is 40.5 Å². The number of nitrogens with zero attached hydrogens (tertiary/aromatic N) is 1. The van der Waals surface area contributed by atoms with E-state index in [4.69, 9.17) is 0 Å². The van der Waals surface area contributed by atoms with Gasteiger partial charge in [-0.2, -0.15) is 13.2 Å². The number of aliphatic hydroxyl groups is 1. The molecule has 2 aliphatic carbocycles. The standard InChI is InChI=1S/C21H26F3NO2/c1-13-5-14(3-4-17(13)21(22,23)24)6-15-7-20(8-15)11-25(12-20)18(26)16-9-19(2,27)10-16/h3-5,15-16,27H,6-12H2,1-2H3. The summed E-state index contributed by atoms with van der Waals surface area (Å²) in [5.41, 5.74) is 0.243. The van der Waals surface area contributed by atoms with Crippen LogP contribution >= 0.6 is 0 Å². The summed E-state index contributed by atoms with van der Waals surface area (Å²) < 4.78 is 38.6. The second-order valence-corrected chi connectivity index (χ2v) is 9.42. The number of rotatable bonds is 3. The maximum atomic E-state index is 12.9. The highest BCUT2D eigenvalue weighted by atomic mass is 19.4. The van der Waals surface area contributed by atoms with Crippen LogP contribution in [0.1, 0.15) is 49.3 Å². The highest BCUT2D eigenvalue weighted by molar-refractivity contribution is 5.81. The van der Waals surface area contributed by atoms with Gasteiger partial charge in [-0.25, -0.2) is 0 Å². The van der Waals surface area contributed by atoms with Gasteiger partial charge >= 0.3 is 6.18 Å². The van der Waals surface area contributed by atoms with E-state index in [9.17, 15) is 23.1 Å². The number of likely N-dealkylation sites (tertiary alicyclic amines) is 1. The molecule has 27 heavy (non-hydrogen) atoms. The summed E-state index contributed by atoms with van der Waals surface area (Å²) in [5.74, 6) is 0.639. The fraction of sp³-hybridized carbons (Fsp3) is 0.667. The van der Waals surface area contributed by atoms with Gasteiger partial charge in [0.05, 0.1) is 11.2 Å². The molecular weight excluding hydrogens is 355 g/mol. The van der Waals surface area contributed by atoms with E-state index >= 15 is 0 Å². The fourth-order valence-corrected chi connectivity index (χ4v) is 5.43. The number of hydrogen-bond donors (Lipinski definition) is 1. The van der Waals surface area contributed by atoms with Crippen molar-refractivity contribution in [1.29, 1.82) is 0 Å². The predicted molar refractivity (Wildman–Crippen MR) is 95.0 cm³/mol. The summed E-state index contributed by atoms with van der Waals surface area (Å²) in [4.78, 5) is 14.3. The van der Waals surface area contributed by atoms with E-state index in [1.807, 2.05) is 4.90 Å². The van der Waals surface area contributed by atoms with Crippen molar-refractivity contribution in [1.82, 2.24) is 4.90 Å². The third-order valence-corrected chi connectivity index (χ3v) is 6.65. The zero-order valence-corrected chi connectivity index (χ0v) is 15.8. The number of aryl methyl sites for hydroxylation is 1. The van der Waals surface area contributed by atoms with Crippen molar-refractivity contribution >= 4 is 5.91 Å². The summed E-state index contributed by atoms with van der Waals surface area (Å²) in [5, 5.41) is 9.79. The zero-order chi connectivity index (χ0) is 19.6. The van der Waals surface area contributed by atoms with E-state index in [0.717, 1.165) is 37.9 Å². The molecule has 2 saturated carbocycles. The number of alkyl halides is 3. The number of halogens is 3. The van der Waals surface area contributed by atoms with Gasteiger partial charge in [0.15, 0.2) is 0 Å². The van der Waals surface area contributed by atoms with Gasteiger partial charge in [0.25, 0.3) is 0 Å². The van der Waals surface area contributed by atoms with Crippen molar-refractivity contribution in [2.24, 2.45) is 17.3 Å². The van der Waals surface area contributed by atoms with Crippen LogP contribution in [0.4, 0.5) is 13.2 Å². The van der Waals surface area contributed by atoms with Crippen LogP contribution in [0.15, 0.2) is 18.2 Å². The molecule has 4 rings (SSSR count). The van der Waals surface area contributed by atoms with Gasteiger partial charge in [0.1, 0.15) is 0 Å². The van der Waals surface area contributed by atoms with Crippen molar-refractivity contribution in [3.63, 3.8) is 0 Å². The Hall–Kier alpha value is -1.56. The molecule has 6 heteroatoms. The van der Waals surface area contributed by atoms with Crippen LogP contribution in [0.2, 0.25) is 0 Å². The molecule has 1 saturated heterocycles. The van der Waals surface area contributed by atoms with Crippen LogP contribution in [-0.2, 0) is 17.4 Å². The lowest BCUT2D eigenvalue weighted by Gasteiger charge is -2.60. The number of benzene rings is 1. The van der Waals surface area contributed by atoms with Crippen molar-refractivity contribution < 1.29 is 23.1 Å². The third-order valence-electron chi connectivity index (χ3n) is 6.65. The summed E-state index contributed by atoms with van der Waals surface area (Å²) in [6, 6.07) is 4.45. The van der Waals surface area contributed by atoms with Crippen LogP contribution in [0.25, 0.3) is 0 Å². The van der Waals surface area contributed by atoms with Crippen molar-refractivity contribution in [3.05, 3.63) is 34.9 Å². The average molecular weight is 381 g/mol. The van der Waals surface area contributed by atoms with E-state index in [1.54, 1.807) is 19.1 Å². The first-order valence-electron chi connectivity index (χ1n) is 9.64. The van der Waals surface area contributed by atoms with Crippen LogP contribution in [-0.4, -0.2) is 34.6 Å². The summed E-state index contributed by atoms with van der Waals surface area (Å²) in [6.45, 7) is 4.88. The molecule has 0 radical (unpaired) electrons. The highest BCUT2D eigenvalue weighted by Crippen LogP contribution is 2.54. The van der Waals surface area contributed by atoms with Crippen molar-refractivity contribution in [2.75, 3.05) is 13.1 Å². The highest BCUT2D eigenvalue weighted by Gasteiger charge is 2.55. The molecule has 1 amide bonds. The van der Waals surface area contributed by atoms with Crippen molar-refractivity contribution in [3.8, 4) is 0 Å². The summed E-state index contributed by atoms with van der Waals surface area (Å²) >= 11 is 0. The molecule has 0 unspecified atom stereocenters. The van der Waals surface area contributed by atoms with Gasteiger partial charge < -0.3 is 10.0 Å². The first kappa shape index (κ1) is 18.8. The molecule has 3 fully saturated rings. The van der Waals surface area contributed by atoms with Crippen LogP contribution in [0.5, 0.6) is 0 Å². The minimum atomic E-state index is -4.29. The molecular formula is C21H26F3NO2. The van der Waals surface area contributed by atoms with E-state index in [0.29, 0.717) is 18.8 Å². The van der Waals surface area contributed by atoms with Crippen LogP contribution in [0, 0.1) is 24.2 Å². The van der Waals surface area contributed by atoms with Gasteiger partial charge in [-0.05, 0) is 69.1 Å². The molecule has 1 aromatic carbocycles. The molecule has 1 aliphatic heterocycles. The fourth-order valence-electron chi connectivity index (χ4n) is 5.43. The smallest absolute Gasteiger partial charge is 0.390 e. The molecule has 1 N–H and O–H groups in total. The number of amides is 1. The van der Waals surface area contributed by atoms with E-state index in [-0.39, 0.29) is 22.8 Å². The lowest BCUT2D eigenvalue weighted by Crippen LogP contribution is -2.66. The second kappa shape index (κ2) is 5.97. The lowest BCUT2D eigenvalue weighted by molar-refractivity contribution is -0.171. The van der Waals surface area contributed by atoms with E-state index in [1.165, 1.54) is 13.0 Å². The van der Waals surface area contributed by atoms with Crippen LogP contribution < -0.4 is 0 Å². The second-order valence-electron chi connectivity index (χ2n) is 9.42. The maximum absolute atomic E-state index is 12.9.